The van der Waals surface area contributed by atoms with Gasteiger partial charge in [0.25, 0.3) is 0 Å². The summed E-state index contributed by atoms with van der Waals surface area (Å²) in [6, 6.07) is 71.2. The van der Waals surface area contributed by atoms with Crippen LogP contribution in [-0.4, -0.2) is 31.1 Å². The summed E-state index contributed by atoms with van der Waals surface area (Å²) in [5.41, 5.74) is 14.8. The maximum atomic E-state index is 8.12. The lowest BCUT2D eigenvalue weighted by atomic mass is 10.0. The molecule has 0 fully saturated rings. The molecule has 16 heteroatoms. The van der Waals surface area contributed by atoms with Gasteiger partial charge in [-0.15, -0.1) is 35.3 Å². The van der Waals surface area contributed by atoms with Crippen LogP contribution in [0.15, 0.2) is 236 Å². The molecule has 12 aromatic rings. The predicted molar refractivity (Wildman–Crippen MR) is 329 cm³/mol. The van der Waals surface area contributed by atoms with Crippen LogP contribution < -0.4 is 20.1 Å². The van der Waals surface area contributed by atoms with Gasteiger partial charge in [0.1, 0.15) is 27.3 Å². The molecule has 2 N–H and O–H groups in total. The average molecular weight is 1290 g/mol. The molecule has 0 radical (unpaired) electrons. The number of anilines is 4. The van der Waals surface area contributed by atoms with Crippen LogP contribution in [0.25, 0.3) is 41.8 Å². The number of rotatable bonds is 3. The van der Waals surface area contributed by atoms with Crippen LogP contribution >= 0.6 is 80.5 Å². The molecule has 14 rings (SSSR count). The number of ether oxygens (including phenoxy) is 2. The topological polar surface area (TPSA) is 146 Å². The van der Waals surface area contributed by atoms with Crippen LogP contribution in [0.1, 0.15) is 11.1 Å². The van der Waals surface area contributed by atoms with Gasteiger partial charge in [-0.2, -0.15) is 9.59 Å². The van der Waals surface area contributed by atoms with Gasteiger partial charge in [-0.3, -0.25) is 0 Å². The zero-order chi connectivity index (χ0) is 53.3. The number of nitrogen functional groups attached to an aromatic ring is 1. The van der Waals surface area contributed by atoms with E-state index >= 15 is 0 Å². The van der Waals surface area contributed by atoms with Crippen molar-refractivity contribution in [2.45, 2.75) is 11.3 Å². The molecule has 11 nitrogen and oxygen atoms in total. The van der Waals surface area contributed by atoms with E-state index in [-0.39, 0.29) is 6.15 Å². The van der Waals surface area contributed by atoms with E-state index in [2.05, 4.69) is 192 Å². The fourth-order valence-corrected chi connectivity index (χ4v) is 10.8. The van der Waals surface area contributed by atoms with Crippen LogP contribution in [0.2, 0.25) is 0 Å². The molecular weight excluding hydrogens is 1240 g/mol. The van der Waals surface area contributed by atoms with Crippen molar-refractivity contribution in [2.24, 2.45) is 0 Å². The Morgan fingerprint density at radius 1 is 0.494 bits per heavy atom. The van der Waals surface area contributed by atoms with Gasteiger partial charge >= 0.3 is 6.15 Å². The molecule has 7 heterocycles. The standard InChI is InChI=1S/C24H15N3OS.C13H10O.C12H7IN2S.C6H5I.C5H6N2S.CO2/c1-3-11-20-18(9-1)27(19-10-2-4-12-21(19)28-20)17-8-5-7-16(15-17)24-26-23-22(29-24)13-6-14-25-23;1-3-7-12-10(5-1)9-11-6-2-4-8-13(11)14-12;13-9-4-1-3-8(7-9)12-15-11-10(16-12)5-2-6-14-11;7-6-4-2-1-3-5-6;6-5-4(8)2-1-3-7-5;2-1-3/h1-15H;1-8H,9H2;1-7H;1-5H;1-3,8H,(H2,6,7);. The van der Waals surface area contributed by atoms with E-state index in [0.29, 0.717) is 5.82 Å². The summed E-state index contributed by atoms with van der Waals surface area (Å²) >= 11 is 11.9. The molecule has 7 aromatic carbocycles. The van der Waals surface area contributed by atoms with E-state index in [9.17, 15) is 0 Å². The van der Waals surface area contributed by atoms with Crippen LogP contribution in [0.4, 0.5) is 22.9 Å². The van der Waals surface area contributed by atoms with Crippen molar-refractivity contribution in [3.8, 4) is 44.1 Å². The van der Waals surface area contributed by atoms with Crippen molar-refractivity contribution in [3.05, 3.63) is 249 Å². The van der Waals surface area contributed by atoms with Gasteiger partial charge in [0.05, 0.1) is 20.8 Å². The number of hydrogen-bond donors (Lipinski definition) is 2. The zero-order valence-corrected chi connectivity index (χ0v) is 47.4. The van der Waals surface area contributed by atoms with E-state index in [1.807, 2.05) is 91.0 Å². The largest absolute Gasteiger partial charge is 0.457 e. The van der Waals surface area contributed by atoms with Gasteiger partial charge in [0, 0.05) is 53.9 Å². The monoisotopic (exact) mass is 1290 g/mol. The Hall–Kier alpha value is -7.84. The third-order valence-corrected chi connectivity index (χ3v) is 15.2. The number of nitrogens with zero attached hydrogens (tertiary/aromatic N) is 6. The second kappa shape index (κ2) is 26.8. The van der Waals surface area contributed by atoms with Crippen LogP contribution in [0, 0.1) is 7.14 Å². The first kappa shape index (κ1) is 54.0. The number of hydrogen-bond acceptors (Lipinski definition) is 14. The smallest absolute Gasteiger partial charge is 0.373 e. The third kappa shape index (κ3) is 14.2. The molecule has 0 unspecified atom stereocenters. The van der Waals surface area contributed by atoms with E-state index in [4.69, 9.17) is 29.8 Å². The summed E-state index contributed by atoms with van der Waals surface area (Å²) in [5.74, 6) is 4.16. The predicted octanol–water partition coefficient (Wildman–Crippen LogP) is 16.9. The highest BCUT2D eigenvalue weighted by Gasteiger charge is 2.25. The minimum Gasteiger partial charge on any atom is -0.457 e. The Balaban J connectivity index is 0.000000128. The highest BCUT2D eigenvalue weighted by molar-refractivity contribution is 14.1. The van der Waals surface area contributed by atoms with Gasteiger partial charge in [-0.25, -0.2) is 24.9 Å². The second-order valence-corrected chi connectivity index (χ2v) is 21.4. The number of benzene rings is 7. The number of thiol groups is 1. The fourth-order valence-electron chi connectivity index (χ4n) is 7.81. The van der Waals surface area contributed by atoms with Crippen molar-refractivity contribution < 1.29 is 19.1 Å². The maximum absolute atomic E-state index is 8.12. The van der Waals surface area contributed by atoms with Gasteiger partial charge in [0.2, 0.25) is 0 Å². The number of carbonyl (C=O) groups excluding carboxylic acids is 2. The van der Waals surface area contributed by atoms with Gasteiger partial charge in [-0.05, 0) is 166 Å². The molecule has 0 amide bonds. The lowest BCUT2D eigenvalue weighted by molar-refractivity contribution is -0.191. The quantitative estimate of drug-likeness (QED) is 0.129. The van der Waals surface area contributed by atoms with Crippen molar-refractivity contribution >= 4 is 130 Å². The van der Waals surface area contributed by atoms with Gasteiger partial charge in [-0.1, -0.05) is 103 Å². The minimum atomic E-state index is 0.250. The normalized spacial score (nSPS) is 11.0. The molecular formula is C61H43I2N7O4S3. The third-order valence-electron chi connectivity index (χ3n) is 11.3. The minimum absolute atomic E-state index is 0.250. The number of pyridine rings is 3. The number of aromatic nitrogens is 5. The van der Waals surface area contributed by atoms with E-state index < -0.39 is 0 Å². The van der Waals surface area contributed by atoms with Crippen molar-refractivity contribution in [1.82, 2.24) is 24.9 Å². The Morgan fingerprint density at radius 3 is 1.44 bits per heavy atom. The SMILES string of the molecule is Ic1cccc(-c2nc3ncccc3s2)c1.Ic1ccccc1.Nc1ncccc1S.O=C=O.c1cc(-c2nc3ncccc3s2)cc(N2c3ccccc3Oc3ccccc32)c1.c1ccc2c(c1)Cc1ccccc1O2. The maximum Gasteiger partial charge on any atom is 0.373 e. The summed E-state index contributed by atoms with van der Waals surface area (Å²) in [7, 11) is 0. The van der Waals surface area contributed by atoms with Gasteiger partial charge in [0.15, 0.2) is 22.8 Å². The lowest BCUT2D eigenvalue weighted by Crippen LogP contribution is -2.15. The number of halogens is 2. The van der Waals surface area contributed by atoms with E-state index in [1.54, 1.807) is 53.4 Å². The molecule has 0 saturated carbocycles. The first-order valence-corrected chi connectivity index (χ1v) is 27.9. The van der Waals surface area contributed by atoms with Crippen molar-refractivity contribution in [2.75, 3.05) is 10.6 Å². The molecule has 0 spiro atoms. The fraction of sp³-hybridized carbons (Fsp3) is 0.0164. The molecule has 77 heavy (non-hydrogen) atoms. The summed E-state index contributed by atoms with van der Waals surface area (Å²) in [4.78, 5) is 40.9. The van der Waals surface area contributed by atoms with E-state index in [0.717, 1.165) is 93.2 Å². The first-order chi connectivity index (χ1) is 37.7. The highest BCUT2D eigenvalue weighted by atomic mass is 127. The van der Waals surface area contributed by atoms with Gasteiger partial charge < -0.3 is 20.1 Å². The molecule has 2 aliphatic heterocycles. The van der Waals surface area contributed by atoms with Crippen LogP contribution in [0.5, 0.6) is 23.0 Å². The molecule has 378 valence electrons. The summed E-state index contributed by atoms with van der Waals surface area (Å²) in [6.07, 6.45) is 6.42. The number of fused-ring (bicyclic) bond motifs is 6. The first-order valence-electron chi connectivity index (χ1n) is 23.6. The number of para-hydroxylation sites is 6. The molecule has 2 aliphatic rings. The van der Waals surface area contributed by atoms with Crippen molar-refractivity contribution in [1.29, 1.82) is 0 Å². The summed E-state index contributed by atoms with van der Waals surface area (Å²) < 4.78 is 16.6. The Kier molecular flexibility index (Phi) is 18.8. The molecule has 0 atom stereocenters. The molecule has 0 saturated heterocycles. The lowest BCUT2D eigenvalue weighted by Gasteiger charge is -2.32. The average Bonchev–Trinajstić information content (AvgIpc) is 4.12. The Labute approximate surface area is 485 Å². The molecule has 5 aromatic heterocycles. The second-order valence-electron chi connectivity index (χ2n) is 16.4. The van der Waals surface area contributed by atoms with Crippen molar-refractivity contribution in [3.63, 3.8) is 0 Å². The number of nitrogens with two attached hydrogens (primary N) is 1. The molecule has 0 aliphatic carbocycles. The molecule has 0 bridgehead atoms. The van der Waals surface area contributed by atoms with Crippen LogP contribution in [-0.2, 0) is 16.0 Å². The highest BCUT2D eigenvalue weighted by Crippen LogP contribution is 2.50. The Morgan fingerprint density at radius 2 is 0.948 bits per heavy atom. The summed E-state index contributed by atoms with van der Waals surface area (Å²) in [5, 5.41) is 2.00. The van der Waals surface area contributed by atoms with E-state index in [1.165, 1.54) is 18.3 Å². The number of thiazole rings is 2. The Bertz CT molecular complexity index is 3730. The van der Waals surface area contributed by atoms with Crippen LogP contribution in [0.3, 0.4) is 0 Å². The summed E-state index contributed by atoms with van der Waals surface area (Å²) in [6.45, 7) is 0. The zero-order valence-electron chi connectivity index (χ0n) is 40.6.